The molecule has 0 saturated carbocycles. The molecule has 2 atom stereocenters. The molecule has 3 heterocycles. The van der Waals surface area contributed by atoms with Crippen LogP contribution in [0.5, 0.6) is 5.75 Å². The highest BCUT2D eigenvalue weighted by Crippen LogP contribution is 2.28. The molecule has 3 aliphatic rings. The lowest BCUT2D eigenvalue weighted by Gasteiger charge is -2.36. The fourth-order valence-corrected chi connectivity index (χ4v) is 4.93. The Morgan fingerprint density at radius 1 is 1.13 bits per heavy atom. The van der Waals surface area contributed by atoms with Gasteiger partial charge in [-0.05, 0) is 38.0 Å². The van der Waals surface area contributed by atoms with Gasteiger partial charge >= 0.3 is 0 Å². The largest absolute Gasteiger partial charge is 0.489 e. The number of hydrogen-bond acceptors (Lipinski definition) is 5. The Morgan fingerprint density at radius 2 is 1.94 bits per heavy atom. The van der Waals surface area contributed by atoms with E-state index in [1.807, 2.05) is 34.9 Å². The predicted octanol–water partition coefficient (Wildman–Crippen LogP) is 2.41. The molecular weight excluding hydrogens is 418 g/mol. The fraction of sp³-hybridized carbons (Fsp3) is 0.652. The van der Waals surface area contributed by atoms with E-state index < -0.39 is 0 Å². The summed E-state index contributed by atoms with van der Waals surface area (Å²) < 4.78 is 11.4. The quantitative estimate of drug-likeness (QED) is 0.706. The van der Waals surface area contributed by atoms with Crippen LogP contribution in [0.2, 0.25) is 5.02 Å². The number of amides is 2. The van der Waals surface area contributed by atoms with Gasteiger partial charge in [0.25, 0.3) is 0 Å². The number of rotatable bonds is 4. The van der Waals surface area contributed by atoms with E-state index in [2.05, 4.69) is 4.90 Å². The van der Waals surface area contributed by atoms with Crippen LogP contribution in [-0.4, -0.2) is 85.1 Å². The summed E-state index contributed by atoms with van der Waals surface area (Å²) in [7, 11) is 0. The van der Waals surface area contributed by atoms with Crippen molar-refractivity contribution in [3.8, 4) is 5.75 Å². The Labute approximate surface area is 189 Å². The number of piperidine rings is 1. The Kier molecular flexibility index (Phi) is 7.35. The van der Waals surface area contributed by atoms with Crippen LogP contribution >= 0.6 is 11.6 Å². The molecular formula is C23H32ClN3O4. The average molecular weight is 450 g/mol. The molecule has 4 rings (SSSR count). The third-order valence-corrected chi connectivity index (χ3v) is 6.58. The number of morpholine rings is 1. The standard InChI is InChI=1S/C23H32ClN3O4/c1-17-14-25(15-19-13-20(24)4-5-21(19)31-17)8-6-22(28)27-7-2-3-18(16-27)23(29)26-9-11-30-12-10-26/h4-5,13,17-18H,2-3,6-12,14-16H2,1H3/t17-,18-/m0/s1. The number of ether oxygens (including phenoxy) is 2. The number of halogens is 1. The molecule has 1 aromatic rings. The SMILES string of the molecule is C[C@H]1CN(CCC(=O)N2CCC[C@H](C(=O)N3CCOCC3)C2)Cc2cc(Cl)ccc2O1. The lowest BCUT2D eigenvalue weighted by Crippen LogP contribution is -2.49. The van der Waals surface area contributed by atoms with Crippen molar-refractivity contribution in [2.45, 2.75) is 38.8 Å². The van der Waals surface area contributed by atoms with Gasteiger partial charge in [0.05, 0.1) is 19.1 Å². The molecule has 7 nitrogen and oxygen atoms in total. The Balaban J connectivity index is 1.31. The monoisotopic (exact) mass is 449 g/mol. The van der Waals surface area contributed by atoms with E-state index in [4.69, 9.17) is 21.1 Å². The number of benzene rings is 1. The zero-order chi connectivity index (χ0) is 21.8. The second kappa shape index (κ2) is 10.2. The summed E-state index contributed by atoms with van der Waals surface area (Å²) in [5, 5.41) is 0.692. The van der Waals surface area contributed by atoms with E-state index in [-0.39, 0.29) is 23.8 Å². The van der Waals surface area contributed by atoms with Gasteiger partial charge in [-0.3, -0.25) is 14.5 Å². The molecule has 0 spiro atoms. The highest BCUT2D eigenvalue weighted by atomic mass is 35.5. The third-order valence-electron chi connectivity index (χ3n) is 6.35. The molecule has 0 aromatic heterocycles. The molecule has 0 radical (unpaired) electrons. The number of likely N-dealkylation sites (tertiary alicyclic amines) is 1. The molecule has 3 aliphatic heterocycles. The van der Waals surface area contributed by atoms with E-state index in [0.717, 1.165) is 37.2 Å². The van der Waals surface area contributed by atoms with Crippen molar-refractivity contribution in [3.63, 3.8) is 0 Å². The number of hydrogen-bond donors (Lipinski definition) is 0. The van der Waals surface area contributed by atoms with Crippen LogP contribution < -0.4 is 4.74 Å². The van der Waals surface area contributed by atoms with E-state index in [9.17, 15) is 9.59 Å². The van der Waals surface area contributed by atoms with Crippen molar-refractivity contribution in [2.75, 3.05) is 52.5 Å². The Hall–Kier alpha value is -1.83. The minimum absolute atomic E-state index is 0.0445. The van der Waals surface area contributed by atoms with Gasteiger partial charge in [-0.1, -0.05) is 11.6 Å². The maximum absolute atomic E-state index is 13.0. The predicted molar refractivity (Wildman–Crippen MR) is 118 cm³/mol. The van der Waals surface area contributed by atoms with E-state index in [1.54, 1.807) is 0 Å². The van der Waals surface area contributed by atoms with Crippen LogP contribution in [0.15, 0.2) is 18.2 Å². The van der Waals surface area contributed by atoms with Crippen LogP contribution in [0.25, 0.3) is 0 Å². The first-order valence-electron chi connectivity index (χ1n) is 11.3. The highest BCUT2D eigenvalue weighted by molar-refractivity contribution is 6.30. The molecule has 0 N–H and O–H groups in total. The summed E-state index contributed by atoms with van der Waals surface area (Å²) >= 11 is 6.17. The van der Waals surface area contributed by atoms with Gasteiger partial charge in [-0.25, -0.2) is 0 Å². The molecule has 1 aromatic carbocycles. The van der Waals surface area contributed by atoms with Gasteiger partial charge in [0.15, 0.2) is 0 Å². The van der Waals surface area contributed by atoms with Crippen LogP contribution in [0.1, 0.15) is 31.7 Å². The first-order valence-corrected chi connectivity index (χ1v) is 11.7. The zero-order valence-electron chi connectivity index (χ0n) is 18.2. The number of carbonyl (C=O) groups excluding carboxylic acids is 2. The minimum Gasteiger partial charge on any atom is -0.489 e. The lowest BCUT2D eigenvalue weighted by atomic mass is 9.96. The first kappa shape index (κ1) is 22.4. The second-order valence-corrected chi connectivity index (χ2v) is 9.22. The summed E-state index contributed by atoms with van der Waals surface area (Å²) in [6, 6.07) is 5.70. The third kappa shape index (κ3) is 5.70. The van der Waals surface area contributed by atoms with Gasteiger partial charge in [0.2, 0.25) is 11.8 Å². The molecule has 2 saturated heterocycles. The average Bonchev–Trinajstić information content (AvgIpc) is 2.94. The maximum Gasteiger partial charge on any atom is 0.227 e. The van der Waals surface area contributed by atoms with Crippen molar-refractivity contribution in [1.29, 1.82) is 0 Å². The van der Waals surface area contributed by atoms with Gasteiger partial charge in [0, 0.05) is 62.8 Å². The lowest BCUT2D eigenvalue weighted by molar-refractivity contribution is -0.144. The van der Waals surface area contributed by atoms with E-state index in [0.29, 0.717) is 57.4 Å². The van der Waals surface area contributed by atoms with Crippen LogP contribution in [-0.2, 0) is 20.9 Å². The fourth-order valence-electron chi connectivity index (χ4n) is 4.74. The molecule has 0 aliphatic carbocycles. The van der Waals surface area contributed by atoms with Crippen molar-refractivity contribution >= 4 is 23.4 Å². The Bertz CT molecular complexity index is 799. The minimum atomic E-state index is -0.0866. The number of fused-ring (bicyclic) bond motifs is 1. The van der Waals surface area contributed by atoms with Crippen LogP contribution in [0.3, 0.4) is 0 Å². The molecule has 8 heteroatoms. The molecule has 0 bridgehead atoms. The first-order chi connectivity index (χ1) is 15.0. The molecule has 31 heavy (non-hydrogen) atoms. The number of carbonyl (C=O) groups is 2. The summed E-state index contributed by atoms with van der Waals surface area (Å²) in [4.78, 5) is 31.8. The highest BCUT2D eigenvalue weighted by Gasteiger charge is 2.32. The van der Waals surface area contributed by atoms with E-state index >= 15 is 0 Å². The molecule has 2 fully saturated rings. The van der Waals surface area contributed by atoms with Crippen molar-refractivity contribution < 1.29 is 19.1 Å². The normalized spacial score (nSPS) is 24.8. The molecule has 2 amide bonds. The van der Waals surface area contributed by atoms with Gasteiger partial charge in [-0.2, -0.15) is 0 Å². The van der Waals surface area contributed by atoms with Crippen LogP contribution in [0, 0.1) is 5.92 Å². The summed E-state index contributed by atoms with van der Waals surface area (Å²) in [5.41, 5.74) is 1.05. The summed E-state index contributed by atoms with van der Waals surface area (Å²) in [6.45, 7) is 7.98. The smallest absolute Gasteiger partial charge is 0.227 e. The zero-order valence-corrected chi connectivity index (χ0v) is 19.0. The Morgan fingerprint density at radius 3 is 2.74 bits per heavy atom. The van der Waals surface area contributed by atoms with Crippen molar-refractivity contribution in [3.05, 3.63) is 28.8 Å². The molecule has 0 unspecified atom stereocenters. The maximum atomic E-state index is 13.0. The second-order valence-electron chi connectivity index (χ2n) is 8.78. The topological polar surface area (TPSA) is 62.3 Å². The van der Waals surface area contributed by atoms with Crippen molar-refractivity contribution in [2.24, 2.45) is 5.92 Å². The summed E-state index contributed by atoms with van der Waals surface area (Å²) in [5.74, 6) is 1.08. The van der Waals surface area contributed by atoms with E-state index in [1.165, 1.54) is 0 Å². The molecule has 170 valence electrons. The summed E-state index contributed by atoms with van der Waals surface area (Å²) in [6.07, 6.45) is 2.23. The number of nitrogens with zero attached hydrogens (tertiary/aromatic N) is 3. The van der Waals surface area contributed by atoms with Crippen LogP contribution in [0.4, 0.5) is 0 Å². The van der Waals surface area contributed by atoms with Crippen molar-refractivity contribution in [1.82, 2.24) is 14.7 Å². The van der Waals surface area contributed by atoms with Gasteiger partial charge in [0.1, 0.15) is 11.9 Å². The van der Waals surface area contributed by atoms with Gasteiger partial charge in [-0.15, -0.1) is 0 Å². The van der Waals surface area contributed by atoms with Gasteiger partial charge < -0.3 is 19.3 Å².